The average Bonchev–Trinajstić information content (AvgIpc) is 2.36. The molecule has 0 fully saturated rings. The van der Waals surface area contributed by atoms with Crippen molar-refractivity contribution in [3.63, 3.8) is 0 Å². The van der Waals surface area contributed by atoms with Gasteiger partial charge in [-0.05, 0) is 17.5 Å². The van der Waals surface area contributed by atoms with Crippen molar-refractivity contribution in [2.24, 2.45) is 0 Å². The highest BCUT2D eigenvalue weighted by molar-refractivity contribution is 6.31. The van der Waals surface area contributed by atoms with Crippen LogP contribution in [0.25, 0.3) is 21.7 Å². The third-order valence-electron chi connectivity index (χ3n) is 3.11. The van der Waals surface area contributed by atoms with E-state index in [1.54, 1.807) is 42.5 Å². The minimum Gasteiger partial charge on any atom is -0.252 e. The van der Waals surface area contributed by atoms with E-state index in [1.165, 1.54) is 0 Å². The number of pyridine rings is 1. The molecule has 2 aromatic carbocycles. The predicted molar refractivity (Wildman–Crippen MR) is 74.0 cm³/mol. The summed E-state index contributed by atoms with van der Waals surface area (Å²) in [6.45, 7) is 0. The van der Waals surface area contributed by atoms with Gasteiger partial charge in [0.05, 0.1) is 17.6 Å². The van der Waals surface area contributed by atoms with Crippen molar-refractivity contribution >= 4 is 33.3 Å². The standard InChI is InChI=1S/C15H9ClF3N/c16-9-5-6-12-10-3-1-2-4-11(10)14(8-15(17,18)19)20-13(12)7-9/h1-7H,8H2. The normalized spacial score (nSPS) is 12.2. The first-order valence-electron chi connectivity index (χ1n) is 5.98. The summed E-state index contributed by atoms with van der Waals surface area (Å²) in [5.74, 6) is 0. The summed E-state index contributed by atoms with van der Waals surface area (Å²) < 4.78 is 38.0. The number of rotatable bonds is 1. The molecule has 0 unspecified atom stereocenters. The van der Waals surface area contributed by atoms with Gasteiger partial charge >= 0.3 is 6.18 Å². The molecule has 1 aromatic heterocycles. The zero-order valence-electron chi connectivity index (χ0n) is 10.2. The molecule has 3 aromatic rings. The maximum Gasteiger partial charge on any atom is 0.394 e. The molecule has 0 atom stereocenters. The van der Waals surface area contributed by atoms with E-state index in [2.05, 4.69) is 4.98 Å². The molecule has 0 aliphatic rings. The lowest BCUT2D eigenvalue weighted by Gasteiger charge is -2.11. The molecule has 1 heterocycles. The first-order chi connectivity index (χ1) is 9.44. The molecule has 102 valence electrons. The zero-order chi connectivity index (χ0) is 14.3. The minimum atomic E-state index is -4.29. The molecule has 0 aliphatic heterocycles. The molecule has 0 amide bonds. The van der Waals surface area contributed by atoms with Gasteiger partial charge in [-0.25, -0.2) is 0 Å². The quantitative estimate of drug-likeness (QED) is 0.566. The minimum absolute atomic E-state index is 0.0304. The lowest BCUT2D eigenvalue weighted by molar-refractivity contribution is -0.127. The van der Waals surface area contributed by atoms with Crippen molar-refractivity contribution in [3.05, 3.63) is 53.2 Å². The number of aromatic nitrogens is 1. The van der Waals surface area contributed by atoms with Crippen LogP contribution in [0.1, 0.15) is 5.69 Å². The van der Waals surface area contributed by atoms with Crippen LogP contribution in [0.3, 0.4) is 0 Å². The van der Waals surface area contributed by atoms with Gasteiger partial charge in [0.25, 0.3) is 0 Å². The number of nitrogens with zero attached hydrogens (tertiary/aromatic N) is 1. The SMILES string of the molecule is FC(F)(F)Cc1nc2cc(Cl)ccc2c2ccccc12. The van der Waals surface area contributed by atoms with Crippen LogP contribution >= 0.6 is 11.6 Å². The maximum atomic E-state index is 12.7. The smallest absolute Gasteiger partial charge is 0.252 e. The highest BCUT2D eigenvalue weighted by Crippen LogP contribution is 2.31. The van der Waals surface area contributed by atoms with Crippen molar-refractivity contribution < 1.29 is 13.2 Å². The van der Waals surface area contributed by atoms with Crippen molar-refractivity contribution in [3.8, 4) is 0 Å². The Morgan fingerprint density at radius 1 is 0.950 bits per heavy atom. The van der Waals surface area contributed by atoms with Crippen LogP contribution in [0.5, 0.6) is 0 Å². The molecular formula is C15H9ClF3N. The summed E-state index contributed by atoms with van der Waals surface area (Å²) in [5.41, 5.74) is 0.512. The van der Waals surface area contributed by atoms with Gasteiger partial charge in [-0.2, -0.15) is 13.2 Å². The van der Waals surface area contributed by atoms with Crippen LogP contribution in [0.4, 0.5) is 13.2 Å². The first kappa shape index (κ1) is 13.2. The monoisotopic (exact) mass is 295 g/mol. The van der Waals surface area contributed by atoms with E-state index < -0.39 is 12.6 Å². The molecule has 5 heteroatoms. The molecule has 0 bridgehead atoms. The second-order valence-electron chi connectivity index (χ2n) is 4.56. The fourth-order valence-corrected chi connectivity index (χ4v) is 2.49. The topological polar surface area (TPSA) is 12.9 Å². The largest absolute Gasteiger partial charge is 0.394 e. The molecule has 0 saturated carbocycles. The predicted octanol–water partition coefficient (Wildman–Crippen LogP) is 5.15. The Kier molecular flexibility index (Phi) is 3.05. The number of hydrogen-bond acceptors (Lipinski definition) is 1. The summed E-state index contributed by atoms with van der Waals surface area (Å²) >= 11 is 5.89. The Morgan fingerprint density at radius 2 is 1.65 bits per heavy atom. The Bertz CT molecular complexity index is 796. The summed E-state index contributed by atoms with van der Waals surface area (Å²) in [5, 5.41) is 2.54. The molecule has 1 nitrogen and oxygen atoms in total. The number of halogens is 4. The molecular weight excluding hydrogens is 287 g/mol. The third kappa shape index (κ3) is 2.43. The van der Waals surface area contributed by atoms with Gasteiger partial charge in [0.2, 0.25) is 0 Å². The highest BCUT2D eigenvalue weighted by atomic mass is 35.5. The molecule has 0 radical (unpaired) electrons. The maximum absolute atomic E-state index is 12.7. The van der Waals surface area contributed by atoms with Gasteiger partial charge in [-0.15, -0.1) is 0 Å². The summed E-state index contributed by atoms with van der Waals surface area (Å²) in [6, 6.07) is 12.1. The molecule has 0 N–H and O–H groups in total. The fraction of sp³-hybridized carbons (Fsp3) is 0.133. The van der Waals surface area contributed by atoms with E-state index in [-0.39, 0.29) is 5.69 Å². The average molecular weight is 296 g/mol. The van der Waals surface area contributed by atoms with E-state index in [1.807, 2.05) is 0 Å². The molecule has 3 rings (SSSR count). The van der Waals surface area contributed by atoms with Crippen molar-refractivity contribution in [1.82, 2.24) is 4.98 Å². The Labute approximate surface area is 118 Å². The Balaban J connectivity index is 2.37. The molecule has 20 heavy (non-hydrogen) atoms. The van der Waals surface area contributed by atoms with Crippen molar-refractivity contribution in [2.75, 3.05) is 0 Å². The second-order valence-corrected chi connectivity index (χ2v) is 4.99. The number of fused-ring (bicyclic) bond motifs is 3. The van der Waals surface area contributed by atoms with E-state index in [9.17, 15) is 13.2 Å². The van der Waals surface area contributed by atoms with E-state index in [4.69, 9.17) is 11.6 Å². The van der Waals surface area contributed by atoms with Gasteiger partial charge in [-0.1, -0.05) is 41.9 Å². The third-order valence-corrected chi connectivity index (χ3v) is 3.35. The summed E-state index contributed by atoms with van der Waals surface area (Å²) in [4.78, 5) is 4.15. The number of benzene rings is 2. The molecule has 0 spiro atoms. The van der Waals surface area contributed by atoms with Gasteiger partial charge in [0, 0.05) is 15.8 Å². The van der Waals surface area contributed by atoms with Crippen molar-refractivity contribution in [2.45, 2.75) is 12.6 Å². The van der Waals surface area contributed by atoms with Crippen LogP contribution in [0.15, 0.2) is 42.5 Å². The zero-order valence-corrected chi connectivity index (χ0v) is 11.0. The number of alkyl halides is 3. The van der Waals surface area contributed by atoms with Gasteiger partial charge in [-0.3, -0.25) is 4.98 Å². The molecule has 0 saturated heterocycles. The fourth-order valence-electron chi connectivity index (χ4n) is 2.32. The van der Waals surface area contributed by atoms with Crippen LogP contribution < -0.4 is 0 Å². The van der Waals surface area contributed by atoms with Crippen LogP contribution in [-0.2, 0) is 6.42 Å². The van der Waals surface area contributed by atoms with Gasteiger partial charge < -0.3 is 0 Å². The summed E-state index contributed by atoms with van der Waals surface area (Å²) in [6.07, 6.45) is -5.34. The van der Waals surface area contributed by atoms with Crippen LogP contribution in [0.2, 0.25) is 5.02 Å². The van der Waals surface area contributed by atoms with E-state index in [0.717, 1.165) is 10.8 Å². The molecule has 0 aliphatic carbocycles. The van der Waals surface area contributed by atoms with Gasteiger partial charge in [0.15, 0.2) is 0 Å². The van der Waals surface area contributed by atoms with E-state index >= 15 is 0 Å². The van der Waals surface area contributed by atoms with Gasteiger partial charge in [0.1, 0.15) is 0 Å². The number of hydrogen-bond donors (Lipinski definition) is 0. The lowest BCUT2D eigenvalue weighted by Crippen LogP contribution is -2.13. The van der Waals surface area contributed by atoms with E-state index in [0.29, 0.717) is 15.9 Å². The van der Waals surface area contributed by atoms with Crippen molar-refractivity contribution in [1.29, 1.82) is 0 Å². The van der Waals surface area contributed by atoms with Crippen LogP contribution in [0, 0.1) is 0 Å². The second kappa shape index (κ2) is 4.63. The first-order valence-corrected chi connectivity index (χ1v) is 6.35. The Hall–Kier alpha value is -1.81. The Morgan fingerprint density at radius 3 is 2.35 bits per heavy atom. The lowest BCUT2D eigenvalue weighted by atomic mass is 10.0. The summed E-state index contributed by atoms with van der Waals surface area (Å²) in [7, 11) is 0. The van der Waals surface area contributed by atoms with Crippen LogP contribution in [-0.4, -0.2) is 11.2 Å². The highest BCUT2D eigenvalue weighted by Gasteiger charge is 2.29.